The highest BCUT2D eigenvalue weighted by molar-refractivity contribution is 6.21. The summed E-state index contributed by atoms with van der Waals surface area (Å²) in [5, 5.41) is 46.6. The number of unbranched alkanes of at least 4 members (excludes halogenated alkanes) is 1. The van der Waals surface area contributed by atoms with Crippen molar-refractivity contribution in [1.29, 1.82) is 0 Å². The van der Waals surface area contributed by atoms with E-state index in [0.717, 1.165) is 158 Å². The number of carbonyl (C=O) groups is 4. The van der Waals surface area contributed by atoms with Gasteiger partial charge >= 0.3 is 24.4 Å². The fraction of sp³-hybridized carbons (Fsp3) is 0.150. The van der Waals surface area contributed by atoms with E-state index in [-0.39, 0.29) is 17.5 Å². The minimum atomic E-state index is -0.735. The molecular formula is C113H99N17O13. The molecule has 30 nitrogen and oxygen atoms in total. The van der Waals surface area contributed by atoms with E-state index in [1.165, 1.54) is 104 Å². The van der Waals surface area contributed by atoms with E-state index >= 15 is 0 Å². The lowest BCUT2D eigenvalue weighted by Gasteiger charge is -2.16. The summed E-state index contributed by atoms with van der Waals surface area (Å²) in [5.41, 5.74) is 20.3. The number of phenolic OH excluding ortho intramolecular Hbond substituents is 1. The molecule has 13 aromatic carbocycles. The van der Waals surface area contributed by atoms with Gasteiger partial charge in [-0.1, -0.05) is 167 Å². The van der Waals surface area contributed by atoms with Crippen LogP contribution in [-0.4, -0.2) is 131 Å². The first-order valence-corrected chi connectivity index (χ1v) is 46.5. The lowest BCUT2D eigenvalue weighted by Crippen LogP contribution is -2.26. The van der Waals surface area contributed by atoms with Gasteiger partial charge in [0.25, 0.3) is 5.69 Å². The van der Waals surface area contributed by atoms with Crippen molar-refractivity contribution in [3.05, 3.63) is 413 Å². The van der Waals surface area contributed by atoms with Crippen LogP contribution < -0.4 is 9.64 Å². The number of nitrogens with zero attached hydrogens (tertiary/aromatic N) is 17. The summed E-state index contributed by atoms with van der Waals surface area (Å²) in [7, 11) is 3.31. The maximum absolute atomic E-state index is 12.7. The van der Waals surface area contributed by atoms with Crippen molar-refractivity contribution in [3.63, 3.8) is 0 Å². The number of aromatic nitrogens is 10. The van der Waals surface area contributed by atoms with Crippen molar-refractivity contribution in [2.75, 3.05) is 25.7 Å². The third-order valence-electron chi connectivity index (χ3n) is 24.5. The topological polar surface area (TPSA) is 317 Å². The summed E-state index contributed by atoms with van der Waals surface area (Å²) in [5.74, 6) is 0.800. The Bertz CT molecular complexity index is 8280. The van der Waals surface area contributed by atoms with Crippen molar-refractivity contribution in [2.24, 2.45) is 20.6 Å². The number of fused-ring (bicyclic) bond motifs is 12. The Morgan fingerprint density at radius 2 is 0.881 bits per heavy atom. The van der Waals surface area contributed by atoms with Gasteiger partial charge in [0.15, 0.2) is 5.69 Å². The van der Waals surface area contributed by atoms with E-state index in [1.807, 2.05) is 173 Å². The molecule has 0 spiro atoms. The first-order valence-electron chi connectivity index (χ1n) is 46.5. The molecule has 0 aliphatic heterocycles. The number of ether oxygens (including phenoxy) is 2. The Labute approximate surface area is 821 Å². The van der Waals surface area contributed by atoms with Crippen LogP contribution in [0.3, 0.4) is 0 Å². The predicted octanol–water partition coefficient (Wildman–Crippen LogP) is 25.5. The maximum atomic E-state index is 12.7. The number of non-ortho nitro benzene ring substituents is 1. The van der Waals surface area contributed by atoms with Crippen LogP contribution in [0.15, 0.2) is 362 Å². The highest BCUT2D eigenvalue weighted by Gasteiger charge is 2.25. The molecule has 1 unspecified atom stereocenters. The van der Waals surface area contributed by atoms with Crippen molar-refractivity contribution < 1.29 is 58.0 Å². The number of nitro benzene ring substituents is 1. The van der Waals surface area contributed by atoms with Crippen molar-refractivity contribution >= 4 is 152 Å². The number of hydrogen-bond acceptors (Lipinski definition) is 20. The molecule has 7 heterocycles. The normalized spacial score (nSPS) is 11.9. The molecule has 20 aromatic rings. The number of nitro groups is 1. The smallest absolute Gasteiger partial charge is 0.445 e. The van der Waals surface area contributed by atoms with Gasteiger partial charge in [-0.15, -0.1) is 0 Å². The van der Waals surface area contributed by atoms with Crippen LogP contribution in [0.25, 0.3) is 97.8 Å². The van der Waals surface area contributed by atoms with Crippen LogP contribution in [0.4, 0.5) is 36.2 Å². The lowest BCUT2D eigenvalue weighted by molar-refractivity contribution is -0.384. The Hall–Kier alpha value is -18.5. The Morgan fingerprint density at radius 1 is 0.455 bits per heavy atom. The van der Waals surface area contributed by atoms with Crippen molar-refractivity contribution in [3.8, 4) is 17.2 Å². The molecule has 1 atom stereocenters. The van der Waals surface area contributed by atoms with Crippen molar-refractivity contribution in [1.82, 2.24) is 46.9 Å². The van der Waals surface area contributed by atoms with E-state index in [0.29, 0.717) is 52.9 Å². The standard InChI is InChI=1S/C31H29N5O4.C29H25N3O2.C27H24N4O2.C26H21N5O5/c1-6-36-28-11-7-22(16-26(28)27-17-23(32-4)8-12-29(27)36)30(34-40-31(37)35-14-13-33-19-35)25-10-9-24(15-20(25)2)39-21(3)18-38-5;1-3-32-26-17-11-10-16-24(26)25-20-22(18-19-27(25)32)28(21-12-6-4-7-13-21)30-34-29(33)31(2)23-14-8-5-9-15-23;1-2-3-12-24(29-33-27(32)30-17-16-28-19-30)20-14-15-26-23(18-20)22-11-7-8-13-25(22)31(26)21-9-5-4-6-10-21;1-3-30-23-8-4-17(13-21(23)22-14-18(31(34)35)5-9-24(22)30)25(20-7-6-19(32)12-16(20)2)28-36-26(33)29-11-10-27-15-29/h7-17,19,21H,6,18H2,1-3,5H3;4-20H,3H2,1-2H3;4-11,13-19H,2-3,12H2,1H3;4-15,32H,3H2,1-2H3/b34-30-;30-28+;29-24+;28-25-. The second-order valence-electron chi connectivity index (χ2n) is 33.6. The van der Waals surface area contributed by atoms with Crippen LogP contribution in [0.1, 0.15) is 104 Å². The van der Waals surface area contributed by atoms with Crippen LogP contribution in [0.5, 0.6) is 11.5 Å². The molecule has 0 aliphatic rings. The molecule has 0 radical (unpaired) electrons. The van der Waals surface area contributed by atoms with Gasteiger partial charge in [0.05, 0.1) is 34.8 Å². The number of hydrogen-bond donors (Lipinski definition) is 1. The van der Waals surface area contributed by atoms with Gasteiger partial charge in [0, 0.05) is 204 Å². The number of phenols is 1. The zero-order chi connectivity index (χ0) is 99.7. The predicted molar refractivity (Wildman–Crippen MR) is 558 cm³/mol. The monoisotopic (exact) mass is 1900 g/mol. The number of methoxy groups -OCH3 is 1. The minimum Gasteiger partial charge on any atom is -0.508 e. The molecule has 0 bridgehead atoms. The molecule has 714 valence electrons. The van der Waals surface area contributed by atoms with Gasteiger partial charge in [0.1, 0.15) is 53.7 Å². The van der Waals surface area contributed by atoms with Gasteiger partial charge in [-0.2, -0.15) is 0 Å². The average Bonchev–Trinajstić information content (AvgIpc) is 1.59. The summed E-state index contributed by atoms with van der Waals surface area (Å²) in [6.07, 6.45) is 13.0. The number of aryl methyl sites for hydroxylation is 5. The third kappa shape index (κ3) is 20.9. The molecule has 1 amide bonds. The summed E-state index contributed by atoms with van der Waals surface area (Å²) >= 11 is 0. The van der Waals surface area contributed by atoms with E-state index in [1.54, 1.807) is 38.4 Å². The van der Waals surface area contributed by atoms with Crippen LogP contribution in [0, 0.1) is 30.5 Å². The second kappa shape index (κ2) is 43.9. The van der Waals surface area contributed by atoms with Gasteiger partial charge in [-0.25, -0.2) is 52.7 Å². The third-order valence-corrected chi connectivity index (χ3v) is 24.5. The molecular weight excluding hydrogens is 1800 g/mol. The zero-order valence-electron chi connectivity index (χ0n) is 79.8. The first kappa shape index (κ1) is 96.2. The fourth-order valence-electron chi connectivity index (χ4n) is 17.7. The molecule has 0 saturated carbocycles. The fourth-order valence-corrected chi connectivity index (χ4v) is 17.7. The number of benzene rings is 13. The molecule has 0 saturated heterocycles. The molecule has 20 rings (SSSR count). The number of oxime groups is 4. The Kier molecular flexibility index (Phi) is 29.5. The molecule has 0 aliphatic carbocycles. The number of rotatable bonds is 24. The number of para-hydroxylation sites is 4. The van der Waals surface area contributed by atoms with E-state index in [4.69, 9.17) is 35.4 Å². The van der Waals surface area contributed by atoms with Crippen molar-refractivity contribution in [2.45, 2.75) is 93.5 Å². The van der Waals surface area contributed by atoms with Crippen LogP contribution in [0.2, 0.25) is 0 Å². The number of imidazole rings is 3. The van der Waals surface area contributed by atoms with Crippen LogP contribution in [-0.2, 0) is 43.7 Å². The van der Waals surface area contributed by atoms with Gasteiger partial charge in [0.2, 0.25) is 0 Å². The van der Waals surface area contributed by atoms with Gasteiger partial charge in [-0.3, -0.25) is 34.4 Å². The minimum absolute atomic E-state index is 0.000544. The molecule has 30 heteroatoms. The summed E-state index contributed by atoms with van der Waals surface area (Å²) < 4.78 is 23.7. The summed E-state index contributed by atoms with van der Waals surface area (Å²) in [6.45, 7) is 24.4. The van der Waals surface area contributed by atoms with Gasteiger partial charge in [-0.05, 0) is 210 Å². The first-order chi connectivity index (χ1) is 69.7. The molecule has 1 N–H and O–H groups in total. The quantitative estimate of drug-likeness (QED) is 0.0193. The maximum Gasteiger partial charge on any atom is 0.445 e. The number of aromatic hydroxyl groups is 1. The molecule has 0 fully saturated rings. The second-order valence-corrected chi connectivity index (χ2v) is 33.6. The zero-order valence-corrected chi connectivity index (χ0v) is 79.8. The highest BCUT2D eigenvalue weighted by atomic mass is 16.7. The highest BCUT2D eigenvalue weighted by Crippen LogP contribution is 2.39. The average molecular weight is 1900 g/mol. The largest absolute Gasteiger partial charge is 0.508 e. The lowest BCUT2D eigenvalue weighted by atomic mass is 9.96. The van der Waals surface area contributed by atoms with E-state index < -0.39 is 29.3 Å². The van der Waals surface area contributed by atoms with E-state index in [9.17, 15) is 34.4 Å². The number of anilines is 1. The number of carbonyl (C=O) groups excluding carboxylic acids is 4. The SMILES string of the molecule is CCCC/C(=N\OC(=O)n1ccnc1)c1ccc2c(c1)c1ccccc1n2-c1ccccc1.CCn1c2ccc(/C(=N/OC(=O)n3ccnc3)c3ccc(O)cc3C)cc2c2cc([N+](=O)[O-])ccc21.CCn1c2ccccc2c2cc(/C(=N/OC(=O)N(C)c3ccccc3)c3ccccc3)ccc21.[C-]#[N+]c1ccc2c(c1)c1cc(/C(=N/OC(=O)n3ccnc3)c3ccc(OC(C)COC)cc3C)ccc1n2CC. The Balaban J connectivity index is 0.000000131. The Morgan fingerprint density at radius 3 is 1.40 bits per heavy atom. The van der Waals surface area contributed by atoms with E-state index in [2.05, 4.69) is 183 Å². The van der Waals surface area contributed by atoms with Crippen LogP contribution >= 0.6 is 0 Å². The van der Waals surface area contributed by atoms with Gasteiger partial charge < -0.3 is 32.8 Å². The molecule has 143 heavy (non-hydrogen) atoms. The number of amides is 1. The molecule has 7 aromatic heterocycles. The summed E-state index contributed by atoms with van der Waals surface area (Å²) in [4.78, 5) is 99.0. The summed E-state index contributed by atoms with van der Waals surface area (Å²) in [6, 6.07) is 91.7.